The number of nitrogens with zero attached hydrogens (tertiary/aromatic N) is 2. The van der Waals surface area contributed by atoms with Gasteiger partial charge in [0.2, 0.25) is 0 Å². The SMILES string of the molecule is CCNC(c1sccc1OC)c1c(Cl)cnn1C. The molecule has 0 saturated carbocycles. The quantitative estimate of drug-likeness (QED) is 0.918. The van der Waals surface area contributed by atoms with E-state index in [-0.39, 0.29) is 6.04 Å². The lowest BCUT2D eigenvalue weighted by molar-refractivity contribution is 0.406. The van der Waals surface area contributed by atoms with E-state index in [0.717, 1.165) is 22.9 Å². The summed E-state index contributed by atoms with van der Waals surface area (Å²) >= 11 is 7.88. The smallest absolute Gasteiger partial charge is 0.134 e. The molecule has 0 aliphatic carbocycles. The highest BCUT2D eigenvalue weighted by Crippen LogP contribution is 2.36. The van der Waals surface area contributed by atoms with Crippen molar-refractivity contribution >= 4 is 22.9 Å². The highest BCUT2D eigenvalue weighted by molar-refractivity contribution is 7.10. The van der Waals surface area contributed by atoms with Gasteiger partial charge in [0.05, 0.1) is 34.9 Å². The van der Waals surface area contributed by atoms with Crippen LogP contribution >= 0.6 is 22.9 Å². The number of methoxy groups -OCH3 is 1. The summed E-state index contributed by atoms with van der Waals surface area (Å²) in [6, 6.07) is 1.97. The summed E-state index contributed by atoms with van der Waals surface area (Å²) in [4.78, 5) is 1.12. The van der Waals surface area contributed by atoms with Crippen LogP contribution in [0, 0.1) is 0 Å². The molecular weight excluding hydrogens is 270 g/mol. The van der Waals surface area contributed by atoms with Gasteiger partial charge in [-0.05, 0) is 18.0 Å². The van der Waals surface area contributed by atoms with Crippen molar-refractivity contribution in [3.8, 4) is 5.75 Å². The number of hydrogen-bond acceptors (Lipinski definition) is 4. The first kappa shape index (κ1) is 13.4. The zero-order chi connectivity index (χ0) is 13.1. The molecule has 0 saturated heterocycles. The normalized spacial score (nSPS) is 12.7. The zero-order valence-electron chi connectivity index (χ0n) is 10.6. The predicted octanol–water partition coefficient (Wildman–Crippen LogP) is 2.84. The van der Waals surface area contributed by atoms with E-state index in [1.54, 1.807) is 29.3 Å². The molecule has 2 aromatic rings. The minimum absolute atomic E-state index is 0.00458. The molecule has 0 spiro atoms. The van der Waals surface area contributed by atoms with Crippen LogP contribution in [0.25, 0.3) is 0 Å². The minimum atomic E-state index is 0.00458. The molecule has 4 nitrogen and oxygen atoms in total. The Labute approximate surface area is 116 Å². The molecule has 0 bridgehead atoms. The molecule has 18 heavy (non-hydrogen) atoms. The van der Waals surface area contributed by atoms with Crippen LogP contribution < -0.4 is 10.1 Å². The van der Waals surface area contributed by atoms with E-state index >= 15 is 0 Å². The molecule has 0 fully saturated rings. The second-order valence-electron chi connectivity index (χ2n) is 3.85. The van der Waals surface area contributed by atoms with Crippen molar-refractivity contribution in [2.24, 2.45) is 7.05 Å². The van der Waals surface area contributed by atoms with Crippen LogP contribution in [0.2, 0.25) is 5.02 Å². The molecule has 0 radical (unpaired) electrons. The number of rotatable bonds is 5. The summed E-state index contributed by atoms with van der Waals surface area (Å²) in [5.74, 6) is 0.878. The van der Waals surface area contributed by atoms with Crippen molar-refractivity contribution in [3.63, 3.8) is 0 Å². The average molecular weight is 286 g/mol. The van der Waals surface area contributed by atoms with Crippen LogP contribution in [0.15, 0.2) is 17.6 Å². The lowest BCUT2D eigenvalue weighted by atomic mass is 10.1. The predicted molar refractivity (Wildman–Crippen MR) is 74.6 cm³/mol. The second kappa shape index (κ2) is 5.73. The molecule has 0 aliphatic heterocycles. The fourth-order valence-electron chi connectivity index (χ4n) is 1.95. The molecule has 2 rings (SSSR count). The lowest BCUT2D eigenvalue weighted by Gasteiger charge is -2.18. The molecule has 2 aromatic heterocycles. The number of hydrogen-bond donors (Lipinski definition) is 1. The van der Waals surface area contributed by atoms with E-state index in [9.17, 15) is 0 Å². The third-order valence-corrected chi connectivity index (χ3v) is 4.01. The fourth-order valence-corrected chi connectivity index (χ4v) is 3.16. The first-order valence-corrected chi connectivity index (χ1v) is 6.97. The molecule has 2 heterocycles. The van der Waals surface area contributed by atoms with E-state index in [0.29, 0.717) is 5.02 Å². The van der Waals surface area contributed by atoms with Gasteiger partial charge in [0.25, 0.3) is 0 Å². The van der Waals surface area contributed by atoms with Crippen molar-refractivity contribution in [1.29, 1.82) is 0 Å². The maximum Gasteiger partial charge on any atom is 0.134 e. The highest BCUT2D eigenvalue weighted by Gasteiger charge is 2.24. The molecule has 0 amide bonds. The molecule has 98 valence electrons. The Balaban J connectivity index is 2.46. The van der Waals surface area contributed by atoms with Gasteiger partial charge in [-0.3, -0.25) is 4.68 Å². The highest BCUT2D eigenvalue weighted by atomic mass is 35.5. The van der Waals surface area contributed by atoms with Crippen molar-refractivity contribution < 1.29 is 4.74 Å². The summed E-state index contributed by atoms with van der Waals surface area (Å²) in [6.07, 6.45) is 1.67. The maximum absolute atomic E-state index is 6.23. The molecule has 1 atom stereocenters. The van der Waals surface area contributed by atoms with Gasteiger partial charge < -0.3 is 10.1 Å². The molecule has 1 N–H and O–H groups in total. The van der Waals surface area contributed by atoms with Crippen molar-refractivity contribution in [3.05, 3.63) is 33.2 Å². The van der Waals surface area contributed by atoms with Crippen molar-refractivity contribution in [2.75, 3.05) is 13.7 Å². The monoisotopic (exact) mass is 285 g/mol. The Morgan fingerprint density at radius 3 is 2.94 bits per heavy atom. The number of halogens is 1. The first-order valence-electron chi connectivity index (χ1n) is 5.71. The number of thiophene rings is 1. The van der Waals surface area contributed by atoms with E-state index in [1.807, 2.05) is 18.5 Å². The van der Waals surface area contributed by atoms with Gasteiger partial charge in [-0.25, -0.2) is 0 Å². The van der Waals surface area contributed by atoms with E-state index in [2.05, 4.69) is 17.3 Å². The standard InChI is InChI=1S/C12H16ClN3OS/c1-4-14-10(11-8(13)7-15-16(11)2)12-9(17-3)5-6-18-12/h5-7,10,14H,4H2,1-3H3. The summed E-state index contributed by atoms with van der Waals surface area (Å²) in [6.45, 7) is 2.91. The van der Waals surface area contributed by atoms with Gasteiger partial charge in [-0.2, -0.15) is 5.10 Å². The Bertz CT molecular complexity index is 504. The number of aromatic nitrogens is 2. The van der Waals surface area contributed by atoms with Crippen LogP contribution in [0.4, 0.5) is 0 Å². The Morgan fingerprint density at radius 2 is 2.39 bits per heavy atom. The lowest BCUT2D eigenvalue weighted by Crippen LogP contribution is -2.24. The van der Waals surface area contributed by atoms with Crippen LogP contribution in [0.1, 0.15) is 23.5 Å². The molecule has 0 aromatic carbocycles. The van der Waals surface area contributed by atoms with E-state index in [1.165, 1.54) is 0 Å². The first-order chi connectivity index (χ1) is 8.69. The average Bonchev–Trinajstić information content (AvgIpc) is 2.94. The molecule has 0 aliphatic rings. The number of ether oxygens (including phenoxy) is 1. The van der Waals surface area contributed by atoms with Crippen molar-refractivity contribution in [2.45, 2.75) is 13.0 Å². The second-order valence-corrected chi connectivity index (χ2v) is 5.20. The molecular formula is C12H16ClN3OS. The maximum atomic E-state index is 6.23. The summed E-state index contributed by atoms with van der Waals surface area (Å²) < 4.78 is 7.19. The Kier molecular flexibility index (Phi) is 4.27. The number of aryl methyl sites for hydroxylation is 1. The Hall–Kier alpha value is -1.04. The largest absolute Gasteiger partial charge is 0.496 e. The van der Waals surface area contributed by atoms with E-state index < -0.39 is 0 Å². The van der Waals surface area contributed by atoms with E-state index in [4.69, 9.17) is 16.3 Å². The third kappa shape index (κ3) is 2.39. The van der Waals surface area contributed by atoms with Gasteiger partial charge in [0.1, 0.15) is 5.75 Å². The summed E-state index contributed by atoms with van der Waals surface area (Å²) in [7, 11) is 3.57. The van der Waals surface area contributed by atoms with Crippen LogP contribution in [-0.2, 0) is 7.05 Å². The topological polar surface area (TPSA) is 39.1 Å². The third-order valence-electron chi connectivity index (χ3n) is 2.76. The molecule has 6 heteroatoms. The van der Waals surface area contributed by atoms with Crippen molar-refractivity contribution in [1.82, 2.24) is 15.1 Å². The summed E-state index contributed by atoms with van der Waals surface area (Å²) in [5, 5.41) is 10.3. The fraction of sp³-hybridized carbons (Fsp3) is 0.417. The van der Waals surface area contributed by atoms with Gasteiger partial charge in [-0.15, -0.1) is 11.3 Å². The van der Waals surface area contributed by atoms with Crippen LogP contribution in [-0.4, -0.2) is 23.4 Å². The van der Waals surface area contributed by atoms with Gasteiger partial charge >= 0.3 is 0 Å². The molecule has 1 unspecified atom stereocenters. The summed E-state index contributed by atoms with van der Waals surface area (Å²) in [5.41, 5.74) is 0.958. The van der Waals surface area contributed by atoms with Crippen LogP contribution in [0.3, 0.4) is 0 Å². The van der Waals surface area contributed by atoms with Gasteiger partial charge in [0, 0.05) is 7.05 Å². The van der Waals surface area contributed by atoms with Gasteiger partial charge in [0.15, 0.2) is 0 Å². The minimum Gasteiger partial charge on any atom is -0.496 e. The zero-order valence-corrected chi connectivity index (χ0v) is 12.2. The number of nitrogens with one attached hydrogen (secondary N) is 1. The Morgan fingerprint density at radius 1 is 1.61 bits per heavy atom. The van der Waals surface area contributed by atoms with Crippen LogP contribution in [0.5, 0.6) is 5.75 Å². The van der Waals surface area contributed by atoms with Gasteiger partial charge in [-0.1, -0.05) is 18.5 Å².